The first-order valence-electron chi connectivity index (χ1n) is 6.31. The van der Waals surface area contributed by atoms with Gasteiger partial charge in [0.15, 0.2) is 0 Å². The fourth-order valence-electron chi connectivity index (χ4n) is 2.42. The first-order chi connectivity index (χ1) is 11.0. The molecule has 23 heavy (non-hydrogen) atoms. The maximum absolute atomic E-state index is 8.71. The van der Waals surface area contributed by atoms with Crippen LogP contribution in [0.1, 0.15) is 40.4 Å². The Morgan fingerprint density at radius 1 is 0.696 bits per heavy atom. The van der Waals surface area contributed by atoms with Crippen molar-refractivity contribution in [2.24, 2.45) is 0 Å². The number of hydrogen-bond donors (Lipinski definition) is 0. The molecule has 0 atom stereocenters. The molecule has 0 unspecified atom stereocenters. The van der Waals surface area contributed by atoms with Crippen molar-refractivity contribution >= 4 is 0 Å². The van der Waals surface area contributed by atoms with Gasteiger partial charge in [-0.05, 0) is 37.5 Å². The van der Waals surface area contributed by atoms with Crippen LogP contribution in [0, 0.1) is 66.8 Å². The summed E-state index contributed by atoms with van der Waals surface area (Å²) in [6.45, 7) is 5.16. The molecule has 0 aliphatic heterocycles. The quantitative estimate of drug-likeness (QED) is 0.578. The van der Waals surface area contributed by atoms with Crippen LogP contribution in [-0.2, 0) is 18.9 Å². The third kappa shape index (κ3) is 3.73. The van der Waals surface area contributed by atoms with Gasteiger partial charge < -0.3 is 18.9 Å². The first-order valence-corrected chi connectivity index (χ1v) is 6.31. The van der Waals surface area contributed by atoms with Gasteiger partial charge in [-0.1, -0.05) is 6.07 Å². The van der Waals surface area contributed by atoms with Gasteiger partial charge in [-0.3, -0.25) is 0 Å². The second-order valence-corrected chi connectivity index (χ2v) is 4.46. The van der Waals surface area contributed by atoms with Crippen LogP contribution in [0.3, 0.4) is 0 Å². The summed E-state index contributed by atoms with van der Waals surface area (Å²) in [5, 5.41) is 34.8. The van der Waals surface area contributed by atoms with Crippen molar-refractivity contribution in [1.82, 2.24) is 0 Å². The van der Waals surface area contributed by atoms with E-state index in [0.29, 0.717) is 27.8 Å². The van der Waals surface area contributed by atoms with Crippen LogP contribution in [0.2, 0.25) is 0 Å². The topological polar surface area (TPSA) is 132 Å². The Kier molecular flexibility index (Phi) is 6.05. The molecule has 0 aliphatic carbocycles. The predicted molar refractivity (Wildman–Crippen MR) is 72.9 cm³/mol. The molecule has 0 saturated heterocycles. The lowest BCUT2D eigenvalue weighted by Crippen LogP contribution is -2.14. The molecule has 0 fully saturated rings. The Labute approximate surface area is 133 Å². The molecule has 0 heterocycles. The van der Waals surface area contributed by atoms with Crippen molar-refractivity contribution in [3.05, 3.63) is 33.9 Å². The molecule has 8 nitrogen and oxygen atoms in total. The average Bonchev–Trinajstić information content (AvgIpc) is 2.47. The molecule has 0 bridgehead atoms. The van der Waals surface area contributed by atoms with Gasteiger partial charge in [-0.25, -0.2) is 0 Å². The lowest BCUT2D eigenvalue weighted by molar-refractivity contribution is -0.0527. The number of nitriles is 4. The molecule has 0 radical (unpaired) electrons. The van der Waals surface area contributed by atoms with E-state index in [-0.39, 0.29) is 0 Å². The van der Waals surface area contributed by atoms with Gasteiger partial charge in [-0.2, -0.15) is 21.0 Å². The molecule has 0 amide bonds. The van der Waals surface area contributed by atoms with E-state index < -0.39 is 12.6 Å². The highest BCUT2D eigenvalue weighted by Crippen LogP contribution is 2.34. The van der Waals surface area contributed by atoms with E-state index in [2.05, 4.69) is 0 Å². The summed E-state index contributed by atoms with van der Waals surface area (Å²) in [6.07, 6.45) is 3.42. The lowest BCUT2D eigenvalue weighted by atomic mass is 9.92. The van der Waals surface area contributed by atoms with E-state index in [9.17, 15) is 0 Å². The molecule has 1 aromatic rings. The van der Waals surface area contributed by atoms with Crippen LogP contribution in [0.25, 0.3) is 0 Å². The van der Waals surface area contributed by atoms with Crippen LogP contribution >= 0.6 is 0 Å². The third-order valence-electron chi connectivity index (χ3n) is 3.20. The molecule has 1 aromatic carbocycles. The van der Waals surface area contributed by atoms with Gasteiger partial charge >= 0.3 is 0 Å². The normalized spacial score (nSPS) is 9.26. The predicted octanol–water partition coefficient (Wildman–Crippen LogP) is 2.60. The maximum Gasteiger partial charge on any atom is 0.292 e. The van der Waals surface area contributed by atoms with Crippen molar-refractivity contribution in [1.29, 1.82) is 21.0 Å². The number of nitrogens with zero attached hydrogens (tertiary/aromatic N) is 4. The molecule has 1 rings (SSSR count). The average molecular weight is 312 g/mol. The number of benzene rings is 1. The van der Waals surface area contributed by atoms with Crippen molar-refractivity contribution in [3.63, 3.8) is 0 Å². The van der Waals surface area contributed by atoms with Crippen LogP contribution in [-0.4, -0.2) is 0 Å². The van der Waals surface area contributed by atoms with Crippen LogP contribution in [0.15, 0.2) is 6.07 Å². The summed E-state index contributed by atoms with van der Waals surface area (Å²) in [5.74, 6) is 0. The van der Waals surface area contributed by atoms with E-state index in [1.54, 1.807) is 26.8 Å². The number of aryl methyl sites for hydroxylation is 2. The molecule has 116 valence electrons. The molecule has 8 heteroatoms. The van der Waals surface area contributed by atoms with Gasteiger partial charge in [-0.15, -0.1) is 0 Å². The van der Waals surface area contributed by atoms with Gasteiger partial charge in [0.2, 0.25) is 0 Å². The smallest absolute Gasteiger partial charge is 0.292 e. The van der Waals surface area contributed by atoms with Gasteiger partial charge in [0.25, 0.3) is 37.6 Å². The van der Waals surface area contributed by atoms with Gasteiger partial charge in [0.05, 0.1) is 0 Å². The zero-order valence-corrected chi connectivity index (χ0v) is 12.7. The van der Waals surface area contributed by atoms with Crippen LogP contribution < -0.4 is 0 Å². The summed E-state index contributed by atoms with van der Waals surface area (Å²) in [6, 6.07) is 1.72. The highest BCUT2D eigenvalue weighted by atomic mass is 16.7. The standard InChI is InChI=1S/C15H12N4O4/c1-9-4-10(2)13(15(22-7-18)23-8-19)11(3)12(9)14(20-5-16)21-6-17/h4,14-15H,1-3H3. The Balaban J connectivity index is 3.54. The Morgan fingerprint density at radius 3 is 1.26 bits per heavy atom. The molecule has 0 saturated carbocycles. The summed E-state index contributed by atoms with van der Waals surface area (Å²) < 4.78 is 19.1. The Hall–Kier alpha value is -3.62. The second kappa shape index (κ2) is 7.98. The zero-order chi connectivity index (χ0) is 17.4. The van der Waals surface area contributed by atoms with Crippen molar-refractivity contribution in [3.8, 4) is 25.0 Å². The van der Waals surface area contributed by atoms with Gasteiger partial charge in [0, 0.05) is 11.1 Å². The number of hydrogen-bond acceptors (Lipinski definition) is 8. The lowest BCUT2D eigenvalue weighted by Gasteiger charge is -2.22. The van der Waals surface area contributed by atoms with E-state index in [1.165, 1.54) is 25.0 Å². The summed E-state index contributed by atoms with van der Waals surface area (Å²) >= 11 is 0. The highest BCUT2D eigenvalue weighted by Gasteiger charge is 2.27. The van der Waals surface area contributed by atoms with E-state index >= 15 is 0 Å². The molecular formula is C15H12N4O4. The van der Waals surface area contributed by atoms with Crippen molar-refractivity contribution in [2.45, 2.75) is 33.4 Å². The fourth-order valence-corrected chi connectivity index (χ4v) is 2.42. The second-order valence-electron chi connectivity index (χ2n) is 4.46. The monoisotopic (exact) mass is 312 g/mol. The largest absolute Gasteiger partial charge is 0.379 e. The minimum Gasteiger partial charge on any atom is -0.379 e. The van der Waals surface area contributed by atoms with E-state index in [4.69, 9.17) is 40.0 Å². The summed E-state index contributed by atoms with van der Waals surface area (Å²) in [7, 11) is 0. The fraction of sp³-hybridized carbons (Fsp3) is 0.333. The van der Waals surface area contributed by atoms with Crippen LogP contribution in [0.5, 0.6) is 0 Å². The van der Waals surface area contributed by atoms with Gasteiger partial charge in [0.1, 0.15) is 0 Å². The summed E-state index contributed by atoms with van der Waals surface area (Å²) in [4.78, 5) is 0. The Bertz CT molecular complexity index is 657. The highest BCUT2D eigenvalue weighted by molar-refractivity contribution is 5.46. The molecule has 0 aromatic heterocycles. The maximum atomic E-state index is 8.71. The molecule has 0 spiro atoms. The van der Waals surface area contributed by atoms with Crippen molar-refractivity contribution < 1.29 is 18.9 Å². The van der Waals surface area contributed by atoms with E-state index in [0.717, 1.165) is 0 Å². The SMILES string of the molecule is Cc1cc(C)c(C(OC#N)OC#N)c(C)c1C(OC#N)OC#N. The Morgan fingerprint density at radius 2 is 1.00 bits per heavy atom. The molecular weight excluding hydrogens is 300 g/mol. The van der Waals surface area contributed by atoms with Crippen molar-refractivity contribution in [2.75, 3.05) is 0 Å². The minimum absolute atomic E-state index is 0.418. The zero-order valence-electron chi connectivity index (χ0n) is 12.7. The number of rotatable bonds is 6. The molecule has 0 N–H and O–H groups in total. The third-order valence-corrected chi connectivity index (χ3v) is 3.20. The number of ether oxygens (including phenoxy) is 4. The molecule has 0 aliphatic rings. The van der Waals surface area contributed by atoms with Crippen LogP contribution in [0.4, 0.5) is 0 Å². The minimum atomic E-state index is -1.24. The summed E-state index contributed by atoms with van der Waals surface area (Å²) in [5.41, 5.74) is 2.76. The first kappa shape index (κ1) is 17.4. The van der Waals surface area contributed by atoms with E-state index in [1.807, 2.05) is 0 Å².